The number of nitrogens with one attached hydrogen (secondary N) is 2. The molecule has 0 saturated carbocycles. The van der Waals surface area contributed by atoms with Crippen LogP contribution >= 0.6 is 11.6 Å². The lowest BCUT2D eigenvalue weighted by atomic mass is 10.2. The van der Waals surface area contributed by atoms with Crippen LogP contribution in [0.1, 0.15) is 15.9 Å². The molecule has 0 saturated heterocycles. The van der Waals surface area contributed by atoms with E-state index in [0.29, 0.717) is 18.0 Å². The van der Waals surface area contributed by atoms with Crippen molar-refractivity contribution in [2.24, 2.45) is 0 Å². The van der Waals surface area contributed by atoms with Gasteiger partial charge in [-0.1, -0.05) is 54.1 Å². The molecule has 0 aliphatic rings. The maximum Gasteiger partial charge on any atom is 0.326 e. The van der Waals surface area contributed by atoms with E-state index in [1.54, 1.807) is 48.5 Å². The number of amides is 3. The zero-order valence-corrected chi connectivity index (χ0v) is 15.8. The molecule has 0 fully saturated rings. The van der Waals surface area contributed by atoms with Crippen LogP contribution in [0.25, 0.3) is 0 Å². The lowest BCUT2D eigenvalue weighted by Crippen LogP contribution is -2.34. The van der Waals surface area contributed by atoms with Crippen LogP contribution in [0.2, 0.25) is 5.02 Å². The normalized spacial score (nSPS) is 10.2. The van der Waals surface area contributed by atoms with Crippen molar-refractivity contribution in [1.29, 1.82) is 0 Å². The fourth-order valence-corrected chi connectivity index (χ4v) is 2.77. The van der Waals surface area contributed by atoms with Crippen LogP contribution in [0.5, 0.6) is 5.75 Å². The third-order valence-corrected chi connectivity index (χ3v) is 4.29. The van der Waals surface area contributed by atoms with Crippen molar-refractivity contribution < 1.29 is 14.3 Å². The summed E-state index contributed by atoms with van der Waals surface area (Å²) in [6.45, 7) is 0.559. The molecule has 5 nitrogen and oxygen atoms in total. The Kier molecular flexibility index (Phi) is 6.65. The minimum absolute atomic E-state index is 0.237. The van der Waals surface area contributed by atoms with Gasteiger partial charge in [0, 0.05) is 12.1 Å². The van der Waals surface area contributed by atoms with E-state index in [0.717, 1.165) is 6.42 Å². The van der Waals surface area contributed by atoms with Crippen molar-refractivity contribution in [2.75, 3.05) is 11.9 Å². The van der Waals surface area contributed by atoms with Crippen molar-refractivity contribution in [1.82, 2.24) is 5.32 Å². The summed E-state index contributed by atoms with van der Waals surface area (Å²) in [5.74, 6) is 0.137. The monoisotopic (exact) mass is 394 g/mol. The number of anilines is 1. The number of carbonyl (C=O) groups excluding carboxylic acids is 2. The van der Waals surface area contributed by atoms with E-state index >= 15 is 0 Å². The van der Waals surface area contributed by atoms with Gasteiger partial charge in [0.05, 0.1) is 17.2 Å². The molecule has 0 heterocycles. The molecule has 3 aromatic rings. The molecule has 3 amide bonds. The predicted molar refractivity (Wildman–Crippen MR) is 110 cm³/mol. The van der Waals surface area contributed by atoms with Crippen LogP contribution in [0.3, 0.4) is 0 Å². The van der Waals surface area contributed by atoms with Crippen LogP contribution in [-0.4, -0.2) is 18.5 Å². The molecule has 0 aliphatic heterocycles. The first kappa shape index (κ1) is 19.5. The van der Waals surface area contributed by atoms with Gasteiger partial charge in [-0.15, -0.1) is 0 Å². The second-order valence-corrected chi connectivity index (χ2v) is 6.40. The molecule has 28 heavy (non-hydrogen) atoms. The number of ether oxygens (including phenoxy) is 1. The van der Waals surface area contributed by atoms with Gasteiger partial charge >= 0.3 is 6.03 Å². The first-order valence-corrected chi connectivity index (χ1v) is 9.13. The molecule has 142 valence electrons. The van der Waals surface area contributed by atoms with Crippen molar-refractivity contribution >= 4 is 29.2 Å². The number of imide groups is 1. The van der Waals surface area contributed by atoms with Crippen LogP contribution in [0, 0.1) is 0 Å². The van der Waals surface area contributed by atoms with E-state index < -0.39 is 11.9 Å². The van der Waals surface area contributed by atoms with E-state index in [1.165, 1.54) is 5.56 Å². The van der Waals surface area contributed by atoms with Crippen molar-refractivity contribution in [3.63, 3.8) is 0 Å². The minimum Gasteiger partial charge on any atom is -0.493 e. The molecule has 0 spiro atoms. The fourth-order valence-electron chi connectivity index (χ4n) is 2.54. The topological polar surface area (TPSA) is 67.4 Å². The number of hydrogen-bond acceptors (Lipinski definition) is 3. The van der Waals surface area contributed by atoms with Gasteiger partial charge in [0.25, 0.3) is 5.91 Å². The largest absolute Gasteiger partial charge is 0.493 e. The molecule has 0 radical (unpaired) electrons. The number of halogens is 1. The summed E-state index contributed by atoms with van der Waals surface area (Å²) >= 11 is 5.95. The van der Waals surface area contributed by atoms with Crippen LogP contribution in [-0.2, 0) is 6.42 Å². The maximum atomic E-state index is 12.1. The summed E-state index contributed by atoms with van der Waals surface area (Å²) in [4.78, 5) is 24.1. The number of carbonyl (C=O) groups is 2. The standard InChI is InChI=1S/C22H19ClN2O3/c23-20-9-5-4-8-19(20)21(26)25-22(27)24-17-10-12-18(13-11-17)28-15-14-16-6-2-1-3-7-16/h1-13H,14-15H2,(H2,24,25,26,27). The third-order valence-electron chi connectivity index (χ3n) is 3.96. The molecule has 0 atom stereocenters. The molecular weight excluding hydrogens is 376 g/mol. The Balaban J connectivity index is 1.47. The first-order chi connectivity index (χ1) is 13.6. The average Bonchev–Trinajstić information content (AvgIpc) is 2.70. The zero-order chi connectivity index (χ0) is 19.8. The second kappa shape index (κ2) is 9.58. The van der Waals surface area contributed by atoms with Crippen LogP contribution in [0.15, 0.2) is 78.9 Å². The Bertz CT molecular complexity index is 944. The van der Waals surface area contributed by atoms with Crippen LogP contribution in [0.4, 0.5) is 10.5 Å². The number of urea groups is 1. The SMILES string of the molecule is O=C(NC(=O)c1ccccc1Cl)Nc1ccc(OCCc2ccccc2)cc1. The van der Waals surface area contributed by atoms with E-state index in [4.69, 9.17) is 16.3 Å². The zero-order valence-electron chi connectivity index (χ0n) is 15.0. The third kappa shape index (κ3) is 5.59. The Labute approximate surface area is 168 Å². The summed E-state index contributed by atoms with van der Waals surface area (Å²) in [6, 6.07) is 22.9. The summed E-state index contributed by atoms with van der Waals surface area (Å²) in [7, 11) is 0. The summed E-state index contributed by atoms with van der Waals surface area (Å²) in [6.07, 6.45) is 0.813. The van der Waals surface area contributed by atoms with Crippen molar-refractivity contribution in [3.8, 4) is 5.75 Å². The Morgan fingerprint density at radius 2 is 1.54 bits per heavy atom. The van der Waals surface area contributed by atoms with E-state index in [9.17, 15) is 9.59 Å². The van der Waals surface area contributed by atoms with Gasteiger partial charge in [-0.05, 0) is 42.0 Å². The second-order valence-electron chi connectivity index (χ2n) is 6.00. The van der Waals surface area contributed by atoms with E-state index in [-0.39, 0.29) is 10.6 Å². The highest BCUT2D eigenvalue weighted by molar-refractivity contribution is 6.34. The van der Waals surface area contributed by atoms with Gasteiger partial charge in [-0.2, -0.15) is 0 Å². The molecule has 0 aromatic heterocycles. The lowest BCUT2D eigenvalue weighted by molar-refractivity contribution is 0.0967. The van der Waals surface area contributed by atoms with Crippen LogP contribution < -0.4 is 15.4 Å². The highest BCUT2D eigenvalue weighted by atomic mass is 35.5. The summed E-state index contributed by atoms with van der Waals surface area (Å²) in [5, 5.41) is 5.13. The number of hydrogen-bond donors (Lipinski definition) is 2. The minimum atomic E-state index is -0.636. The maximum absolute atomic E-state index is 12.1. The Morgan fingerprint density at radius 3 is 2.25 bits per heavy atom. The Hall–Kier alpha value is -3.31. The molecule has 0 unspecified atom stereocenters. The van der Waals surface area contributed by atoms with Crippen molar-refractivity contribution in [3.05, 3.63) is 95.0 Å². The quantitative estimate of drug-likeness (QED) is 0.623. The van der Waals surface area contributed by atoms with Gasteiger partial charge in [0.2, 0.25) is 0 Å². The first-order valence-electron chi connectivity index (χ1n) is 8.75. The van der Waals surface area contributed by atoms with Gasteiger partial charge in [-0.25, -0.2) is 4.79 Å². The molecule has 3 aromatic carbocycles. The summed E-state index contributed by atoms with van der Waals surface area (Å²) in [5.41, 5.74) is 1.99. The highest BCUT2D eigenvalue weighted by Gasteiger charge is 2.13. The van der Waals surface area contributed by atoms with E-state index in [2.05, 4.69) is 22.8 Å². The molecule has 6 heteroatoms. The Morgan fingerprint density at radius 1 is 0.857 bits per heavy atom. The van der Waals surface area contributed by atoms with Crippen molar-refractivity contribution in [2.45, 2.75) is 6.42 Å². The van der Waals surface area contributed by atoms with Gasteiger partial charge < -0.3 is 10.1 Å². The molecule has 3 rings (SSSR count). The predicted octanol–water partition coefficient (Wildman–Crippen LogP) is 4.92. The number of rotatable bonds is 6. The van der Waals surface area contributed by atoms with E-state index in [1.807, 2.05) is 18.2 Å². The van der Waals surface area contributed by atoms with Gasteiger partial charge in [0.15, 0.2) is 0 Å². The lowest BCUT2D eigenvalue weighted by Gasteiger charge is -2.09. The fraction of sp³-hybridized carbons (Fsp3) is 0.0909. The highest BCUT2D eigenvalue weighted by Crippen LogP contribution is 2.17. The van der Waals surface area contributed by atoms with Gasteiger partial charge in [0.1, 0.15) is 5.75 Å². The molecule has 0 bridgehead atoms. The molecule has 0 aliphatic carbocycles. The van der Waals surface area contributed by atoms with Gasteiger partial charge in [-0.3, -0.25) is 10.1 Å². The smallest absolute Gasteiger partial charge is 0.326 e. The average molecular weight is 395 g/mol. The molecular formula is C22H19ClN2O3. The number of benzene rings is 3. The summed E-state index contributed by atoms with van der Waals surface area (Å²) < 4.78 is 5.71. The molecule has 2 N–H and O–H groups in total.